The fourth-order valence-electron chi connectivity index (χ4n) is 5.10. The Kier molecular flexibility index (Phi) is 5.99. The van der Waals surface area contributed by atoms with Gasteiger partial charge in [0.05, 0.1) is 12.1 Å². The normalized spacial score (nSPS) is 14.8. The summed E-state index contributed by atoms with van der Waals surface area (Å²) >= 11 is 0. The molecular formula is C27H25FN8O2. The van der Waals surface area contributed by atoms with Crippen LogP contribution in [-0.2, 0) is 17.8 Å². The van der Waals surface area contributed by atoms with Crippen molar-refractivity contribution in [2.45, 2.75) is 19.9 Å². The number of rotatable bonds is 5. The number of pyridine rings is 1. The molecule has 3 aromatic heterocycles. The van der Waals surface area contributed by atoms with Crippen molar-refractivity contribution in [3.63, 3.8) is 0 Å². The number of anilines is 2. The first-order valence-electron chi connectivity index (χ1n) is 12.4. The molecule has 5 heterocycles. The number of amides is 1. The van der Waals surface area contributed by atoms with Gasteiger partial charge >= 0.3 is 0 Å². The van der Waals surface area contributed by atoms with Crippen LogP contribution in [0.1, 0.15) is 23.7 Å². The summed E-state index contributed by atoms with van der Waals surface area (Å²) in [5.74, 6) is 1.77. The molecule has 10 nitrogen and oxygen atoms in total. The number of aromatic nitrogens is 4. The van der Waals surface area contributed by atoms with Crippen molar-refractivity contribution < 1.29 is 13.9 Å². The fraction of sp³-hybridized carbons (Fsp3) is 0.296. The predicted molar refractivity (Wildman–Crippen MR) is 138 cm³/mol. The molecule has 0 radical (unpaired) electrons. The third-order valence-electron chi connectivity index (χ3n) is 7.14. The van der Waals surface area contributed by atoms with E-state index < -0.39 is 0 Å². The minimum Gasteiger partial charge on any atom is -0.493 e. The Morgan fingerprint density at radius 3 is 2.71 bits per heavy atom. The van der Waals surface area contributed by atoms with Crippen LogP contribution in [-0.4, -0.2) is 62.9 Å². The van der Waals surface area contributed by atoms with Gasteiger partial charge < -0.3 is 19.9 Å². The SMILES string of the molecule is CC(=O)N1CCN(c2ccc(-c3cnc(NCc4c(F)ccc5c4CCO5)n4cnc(C#N)c34)cn2)CC1. The summed E-state index contributed by atoms with van der Waals surface area (Å²) in [4.78, 5) is 29.1. The van der Waals surface area contributed by atoms with Gasteiger partial charge in [-0.05, 0) is 24.3 Å². The van der Waals surface area contributed by atoms with Gasteiger partial charge in [0.1, 0.15) is 29.8 Å². The van der Waals surface area contributed by atoms with Crippen molar-refractivity contribution in [2.75, 3.05) is 43.0 Å². The van der Waals surface area contributed by atoms with Crippen LogP contribution in [0.5, 0.6) is 5.75 Å². The smallest absolute Gasteiger partial charge is 0.219 e. The molecule has 1 amide bonds. The van der Waals surface area contributed by atoms with Crippen molar-refractivity contribution in [3.05, 3.63) is 65.6 Å². The number of hydrogen-bond acceptors (Lipinski definition) is 8. The highest BCUT2D eigenvalue weighted by molar-refractivity contribution is 5.84. The summed E-state index contributed by atoms with van der Waals surface area (Å²) in [6, 6.07) is 9.11. The Bertz CT molecular complexity index is 1570. The van der Waals surface area contributed by atoms with Crippen molar-refractivity contribution in [1.82, 2.24) is 24.3 Å². The highest BCUT2D eigenvalue weighted by Gasteiger charge is 2.22. The highest BCUT2D eigenvalue weighted by Crippen LogP contribution is 2.32. The van der Waals surface area contributed by atoms with E-state index in [4.69, 9.17) is 4.74 Å². The van der Waals surface area contributed by atoms with Gasteiger partial charge in [0, 0.05) is 80.7 Å². The Morgan fingerprint density at radius 1 is 1.13 bits per heavy atom. The van der Waals surface area contributed by atoms with Crippen LogP contribution in [0.25, 0.3) is 16.6 Å². The first-order valence-corrected chi connectivity index (χ1v) is 12.4. The summed E-state index contributed by atoms with van der Waals surface area (Å²) < 4.78 is 21.9. The maximum Gasteiger partial charge on any atom is 0.219 e. The molecule has 0 bridgehead atoms. The van der Waals surface area contributed by atoms with Crippen LogP contribution in [0.15, 0.2) is 43.0 Å². The molecule has 0 unspecified atom stereocenters. The van der Waals surface area contributed by atoms with Crippen molar-refractivity contribution in [3.8, 4) is 22.9 Å². The molecule has 38 heavy (non-hydrogen) atoms. The lowest BCUT2D eigenvalue weighted by atomic mass is 10.0. The van der Waals surface area contributed by atoms with E-state index in [0.29, 0.717) is 54.5 Å². The van der Waals surface area contributed by atoms with Crippen LogP contribution in [0.3, 0.4) is 0 Å². The van der Waals surface area contributed by atoms with E-state index in [2.05, 4.69) is 31.2 Å². The molecule has 11 heteroatoms. The zero-order valence-electron chi connectivity index (χ0n) is 20.8. The number of nitriles is 1. The molecule has 0 saturated carbocycles. The Labute approximate surface area is 218 Å². The molecule has 1 saturated heterocycles. The molecule has 0 spiro atoms. The fourth-order valence-corrected chi connectivity index (χ4v) is 5.10. The van der Waals surface area contributed by atoms with Gasteiger partial charge in [0.15, 0.2) is 5.69 Å². The molecular weight excluding hydrogens is 487 g/mol. The third-order valence-corrected chi connectivity index (χ3v) is 7.14. The zero-order chi connectivity index (χ0) is 26.2. The number of nitrogens with zero attached hydrogens (tertiary/aromatic N) is 7. The Balaban J connectivity index is 1.27. The molecule has 1 N–H and O–H groups in total. The van der Waals surface area contributed by atoms with Gasteiger partial charge in [-0.3, -0.25) is 9.20 Å². The van der Waals surface area contributed by atoms with Crippen LogP contribution >= 0.6 is 0 Å². The second kappa shape index (κ2) is 9.63. The lowest BCUT2D eigenvalue weighted by Gasteiger charge is -2.34. The average Bonchev–Trinajstić information content (AvgIpc) is 3.60. The largest absolute Gasteiger partial charge is 0.493 e. The highest BCUT2D eigenvalue weighted by atomic mass is 19.1. The average molecular weight is 513 g/mol. The van der Waals surface area contributed by atoms with Crippen LogP contribution in [0, 0.1) is 17.1 Å². The molecule has 2 aliphatic heterocycles. The second-order valence-corrected chi connectivity index (χ2v) is 9.27. The number of carbonyl (C=O) groups excluding carboxylic acids is 1. The first-order chi connectivity index (χ1) is 18.5. The third kappa shape index (κ3) is 4.14. The van der Waals surface area contributed by atoms with Gasteiger partial charge in [-0.15, -0.1) is 0 Å². The summed E-state index contributed by atoms with van der Waals surface area (Å²) in [7, 11) is 0. The van der Waals surface area contributed by atoms with Crippen LogP contribution in [0.4, 0.5) is 16.2 Å². The Morgan fingerprint density at radius 2 is 1.97 bits per heavy atom. The number of fused-ring (bicyclic) bond motifs is 2. The van der Waals surface area contributed by atoms with E-state index >= 15 is 0 Å². The minimum absolute atomic E-state index is 0.0864. The van der Waals surface area contributed by atoms with E-state index in [9.17, 15) is 14.4 Å². The molecule has 192 valence electrons. The molecule has 0 aliphatic carbocycles. The molecule has 4 aromatic rings. The quantitative estimate of drug-likeness (QED) is 0.434. The van der Waals surface area contributed by atoms with Crippen molar-refractivity contribution in [2.24, 2.45) is 0 Å². The van der Waals surface area contributed by atoms with Gasteiger partial charge in [0.25, 0.3) is 0 Å². The molecule has 6 rings (SSSR count). The number of imidazole rings is 1. The first kappa shape index (κ1) is 23.7. The number of carbonyl (C=O) groups is 1. The van der Waals surface area contributed by atoms with Crippen LogP contribution in [0.2, 0.25) is 0 Å². The molecule has 1 fully saturated rings. The van der Waals surface area contributed by atoms with Gasteiger partial charge in [0.2, 0.25) is 11.9 Å². The monoisotopic (exact) mass is 512 g/mol. The van der Waals surface area contributed by atoms with E-state index in [1.807, 2.05) is 17.0 Å². The number of nitrogens with one attached hydrogen (secondary N) is 1. The van der Waals surface area contributed by atoms with Crippen molar-refractivity contribution in [1.29, 1.82) is 5.26 Å². The maximum atomic E-state index is 14.6. The topological polar surface area (TPSA) is 112 Å². The lowest BCUT2D eigenvalue weighted by molar-refractivity contribution is -0.129. The number of ether oxygens (including phenoxy) is 1. The standard InChI is InChI=1S/C27H25FN8O2/c1-17(37)34-7-9-35(10-8-34)25-5-2-18(13-30-25)20-14-31-27(36-16-33-23(12-29)26(20)36)32-15-21-19-6-11-38-24(19)4-3-22(21)28/h2-5,13-14,16H,6-11,15H2,1H3,(H,31,32). The number of piperazine rings is 1. The van der Waals surface area contributed by atoms with Crippen LogP contribution < -0.4 is 15.0 Å². The maximum absolute atomic E-state index is 14.6. The molecule has 0 atom stereocenters. The summed E-state index contributed by atoms with van der Waals surface area (Å²) in [5.41, 5.74) is 3.77. The predicted octanol–water partition coefficient (Wildman–Crippen LogP) is 3.02. The summed E-state index contributed by atoms with van der Waals surface area (Å²) in [6.07, 6.45) is 5.63. The number of hydrogen-bond donors (Lipinski definition) is 1. The minimum atomic E-state index is -0.299. The van der Waals surface area contributed by atoms with Crippen molar-refractivity contribution >= 4 is 23.2 Å². The van der Waals surface area contributed by atoms with E-state index in [1.54, 1.807) is 29.8 Å². The van der Waals surface area contributed by atoms with E-state index in [1.165, 1.54) is 12.4 Å². The lowest BCUT2D eigenvalue weighted by Crippen LogP contribution is -2.48. The second-order valence-electron chi connectivity index (χ2n) is 9.27. The molecule has 1 aromatic carbocycles. The Hall–Kier alpha value is -4.72. The van der Waals surface area contributed by atoms with Gasteiger partial charge in [-0.25, -0.2) is 19.3 Å². The summed E-state index contributed by atoms with van der Waals surface area (Å²) in [5, 5.41) is 12.9. The summed E-state index contributed by atoms with van der Waals surface area (Å²) in [6.45, 7) is 5.12. The number of benzene rings is 1. The molecule has 2 aliphatic rings. The number of halogens is 1. The van der Waals surface area contributed by atoms with E-state index in [-0.39, 0.29) is 24.0 Å². The zero-order valence-corrected chi connectivity index (χ0v) is 20.8. The van der Waals surface area contributed by atoms with E-state index in [0.717, 1.165) is 30.0 Å². The van der Waals surface area contributed by atoms with Gasteiger partial charge in [-0.1, -0.05) is 0 Å². The van der Waals surface area contributed by atoms with Gasteiger partial charge in [-0.2, -0.15) is 5.26 Å².